The first-order chi connectivity index (χ1) is 11.0. The number of ether oxygens (including phenoxy) is 2. The molecule has 1 aromatic heterocycles. The summed E-state index contributed by atoms with van der Waals surface area (Å²) in [6.45, 7) is 0.578. The van der Waals surface area contributed by atoms with Crippen LogP contribution >= 0.6 is 27.3 Å². The summed E-state index contributed by atoms with van der Waals surface area (Å²) in [5, 5.41) is 0. The standard InChI is InChI=1S/C17H18BrNO3S/c1-19(11-13-8-9-15(18)23-13)16(20)10-7-12-5-4-6-14(21-2)17(12)22-3/h4-10H,11H2,1-3H3/b10-7+. The van der Waals surface area contributed by atoms with E-state index in [9.17, 15) is 4.79 Å². The minimum atomic E-state index is -0.0700. The summed E-state index contributed by atoms with van der Waals surface area (Å²) in [7, 11) is 4.95. The molecule has 0 aliphatic carbocycles. The molecule has 0 N–H and O–H groups in total. The maximum Gasteiger partial charge on any atom is 0.246 e. The highest BCUT2D eigenvalue weighted by Gasteiger charge is 2.10. The molecular formula is C17H18BrNO3S. The number of methoxy groups -OCH3 is 2. The summed E-state index contributed by atoms with van der Waals surface area (Å²) in [5.41, 5.74) is 0.799. The fourth-order valence-corrected chi connectivity index (χ4v) is 3.62. The number of hydrogen-bond donors (Lipinski definition) is 0. The lowest BCUT2D eigenvalue weighted by Gasteiger charge is -2.14. The number of hydrogen-bond acceptors (Lipinski definition) is 4. The van der Waals surface area contributed by atoms with Gasteiger partial charge in [-0.2, -0.15) is 0 Å². The van der Waals surface area contributed by atoms with Gasteiger partial charge in [0.15, 0.2) is 11.5 Å². The number of amides is 1. The van der Waals surface area contributed by atoms with Gasteiger partial charge in [0.1, 0.15) is 0 Å². The zero-order valence-corrected chi connectivity index (χ0v) is 15.6. The molecule has 0 unspecified atom stereocenters. The van der Waals surface area contributed by atoms with E-state index in [0.717, 1.165) is 14.2 Å². The molecule has 0 saturated carbocycles. The Morgan fingerprint density at radius 3 is 2.65 bits per heavy atom. The van der Waals surface area contributed by atoms with Crippen LogP contribution < -0.4 is 9.47 Å². The van der Waals surface area contributed by atoms with Crippen molar-refractivity contribution in [2.45, 2.75) is 6.54 Å². The van der Waals surface area contributed by atoms with Gasteiger partial charge in [-0.15, -0.1) is 11.3 Å². The third-order valence-electron chi connectivity index (χ3n) is 3.24. The lowest BCUT2D eigenvalue weighted by atomic mass is 10.1. The second-order valence-corrected chi connectivity index (χ2v) is 7.36. The van der Waals surface area contributed by atoms with Crippen molar-refractivity contribution >= 4 is 39.2 Å². The molecule has 122 valence electrons. The third-order valence-corrected chi connectivity index (χ3v) is 4.85. The number of thiophene rings is 1. The molecule has 0 saturated heterocycles. The maximum atomic E-state index is 12.2. The first-order valence-corrected chi connectivity index (χ1v) is 8.54. The summed E-state index contributed by atoms with van der Waals surface area (Å²) in [6.07, 6.45) is 3.28. The van der Waals surface area contributed by atoms with E-state index in [0.29, 0.717) is 18.0 Å². The van der Waals surface area contributed by atoms with Crippen LogP contribution in [0.5, 0.6) is 11.5 Å². The molecule has 1 aromatic carbocycles. The predicted octanol–water partition coefficient (Wildman–Crippen LogP) is 4.20. The van der Waals surface area contributed by atoms with E-state index in [1.807, 2.05) is 30.3 Å². The molecule has 0 radical (unpaired) electrons. The van der Waals surface area contributed by atoms with Gasteiger partial charge in [-0.25, -0.2) is 0 Å². The van der Waals surface area contributed by atoms with Crippen molar-refractivity contribution in [2.24, 2.45) is 0 Å². The zero-order chi connectivity index (χ0) is 16.8. The summed E-state index contributed by atoms with van der Waals surface area (Å²) in [6, 6.07) is 9.54. The molecule has 0 spiro atoms. The summed E-state index contributed by atoms with van der Waals surface area (Å²) >= 11 is 5.05. The van der Waals surface area contributed by atoms with Gasteiger partial charge in [-0.05, 0) is 40.2 Å². The zero-order valence-electron chi connectivity index (χ0n) is 13.2. The van der Waals surface area contributed by atoms with E-state index in [-0.39, 0.29) is 5.91 Å². The van der Waals surface area contributed by atoms with E-state index in [2.05, 4.69) is 15.9 Å². The molecule has 0 bridgehead atoms. The third kappa shape index (κ3) is 4.59. The Kier molecular flexibility index (Phi) is 6.24. The van der Waals surface area contributed by atoms with Crippen molar-refractivity contribution < 1.29 is 14.3 Å². The van der Waals surface area contributed by atoms with Gasteiger partial charge >= 0.3 is 0 Å². The molecule has 1 amide bonds. The SMILES string of the molecule is COc1cccc(/C=C/C(=O)N(C)Cc2ccc(Br)s2)c1OC. The Hall–Kier alpha value is -1.79. The molecule has 0 aliphatic heterocycles. The number of para-hydroxylation sites is 1. The van der Waals surface area contributed by atoms with Crippen LogP contribution in [0.1, 0.15) is 10.4 Å². The number of nitrogens with zero attached hydrogens (tertiary/aromatic N) is 1. The molecular weight excluding hydrogens is 378 g/mol. The van der Waals surface area contributed by atoms with Crippen molar-refractivity contribution in [2.75, 3.05) is 21.3 Å². The number of benzene rings is 1. The topological polar surface area (TPSA) is 38.8 Å². The number of carbonyl (C=O) groups excluding carboxylic acids is 1. The largest absolute Gasteiger partial charge is 0.493 e. The first-order valence-electron chi connectivity index (χ1n) is 6.93. The molecule has 4 nitrogen and oxygen atoms in total. The fraction of sp³-hybridized carbons (Fsp3) is 0.235. The van der Waals surface area contributed by atoms with E-state index in [4.69, 9.17) is 9.47 Å². The number of halogens is 1. The van der Waals surface area contributed by atoms with Crippen LogP contribution in [0, 0.1) is 0 Å². The minimum Gasteiger partial charge on any atom is -0.493 e. The molecule has 6 heteroatoms. The Balaban J connectivity index is 2.08. The second-order valence-electron chi connectivity index (χ2n) is 4.82. The van der Waals surface area contributed by atoms with Crippen LogP contribution in [0.4, 0.5) is 0 Å². The van der Waals surface area contributed by atoms with Crippen molar-refractivity contribution in [3.05, 3.63) is 50.6 Å². The molecule has 0 fully saturated rings. The normalized spacial score (nSPS) is 10.8. The van der Waals surface area contributed by atoms with Crippen molar-refractivity contribution in [1.29, 1.82) is 0 Å². The van der Waals surface area contributed by atoms with E-state index in [1.165, 1.54) is 0 Å². The molecule has 1 heterocycles. The van der Waals surface area contributed by atoms with Crippen molar-refractivity contribution in [3.63, 3.8) is 0 Å². The smallest absolute Gasteiger partial charge is 0.246 e. The summed E-state index contributed by atoms with van der Waals surface area (Å²) in [4.78, 5) is 15.0. The van der Waals surface area contributed by atoms with E-state index >= 15 is 0 Å². The lowest BCUT2D eigenvalue weighted by Crippen LogP contribution is -2.23. The monoisotopic (exact) mass is 395 g/mol. The highest BCUT2D eigenvalue weighted by Crippen LogP contribution is 2.31. The molecule has 0 atom stereocenters. The maximum absolute atomic E-state index is 12.2. The Morgan fingerprint density at radius 2 is 2.04 bits per heavy atom. The molecule has 2 aromatic rings. The van der Waals surface area contributed by atoms with Gasteiger partial charge in [-0.1, -0.05) is 12.1 Å². The van der Waals surface area contributed by atoms with Gasteiger partial charge in [0.25, 0.3) is 0 Å². The van der Waals surface area contributed by atoms with Gasteiger partial charge in [0, 0.05) is 23.6 Å². The average molecular weight is 396 g/mol. The summed E-state index contributed by atoms with van der Waals surface area (Å²) in [5.74, 6) is 1.18. The van der Waals surface area contributed by atoms with Crippen LogP contribution in [0.15, 0.2) is 40.2 Å². The first kappa shape index (κ1) is 17.6. The van der Waals surface area contributed by atoms with Crippen LogP contribution in [-0.2, 0) is 11.3 Å². The summed E-state index contributed by atoms with van der Waals surface area (Å²) < 4.78 is 11.7. The molecule has 0 aliphatic rings. The minimum absolute atomic E-state index is 0.0700. The highest BCUT2D eigenvalue weighted by atomic mass is 79.9. The Morgan fingerprint density at radius 1 is 1.26 bits per heavy atom. The van der Waals surface area contributed by atoms with Crippen molar-refractivity contribution in [1.82, 2.24) is 4.90 Å². The highest BCUT2D eigenvalue weighted by molar-refractivity contribution is 9.11. The number of likely N-dealkylation sites (N-methyl/N-ethyl adjacent to an activating group) is 1. The van der Waals surface area contributed by atoms with E-state index in [1.54, 1.807) is 49.7 Å². The van der Waals surface area contributed by atoms with Gasteiger partial charge in [0.05, 0.1) is 24.6 Å². The quantitative estimate of drug-likeness (QED) is 0.687. The molecule has 23 heavy (non-hydrogen) atoms. The van der Waals surface area contributed by atoms with Gasteiger partial charge in [-0.3, -0.25) is 4.79 Å². The van der Waals surface area contributed by atoms with Crippen LogP contribution in [-0.4, -0.2) is 32.1 Å². The van der Waals surface area contributed by atoms with Crippen LogP contribution in [0.25, 0.3) is 6.08 Å². The predicted molar refractivity (Wildman–Crippen MR) is 97.1 cm³/mol. The van der Waals surface area contributed by atoms with Crippen LogP contribution in [0.3, 0.4) is 0 Å². The second kappa shape index (κ2) is 8.17. The Bertz CT molecular complexity index is 712. The molecule has 2 rings (SSSR count). The van der Waals surface area contributed by atoms with Gasteiger partial charge in [0.2, 0.25) is 5.91 Å². The average Bonchev–Trinajstić information content (AvgIpc) is 2.96. The van der Waals surface area contributed by atoms with Crippen LogP contribution in [0.2, 0.25) is 0 Å². The number of carbonyl (C=O) groups is 1. The van der Waals surface area contributed by atoms with E-state index < -0.39 is 0 Å². The lowest BCUT2D eigenvalue weighted by molar-refractivity contribution is -0.125. The fourth-order valence-electron chi connectivity index (χ4n) is 2.08. The number of rotatable bonds is 6. The van der Waals surface area contributed by atoms with Crippen molar-refractivity contribution in [3.8, 4) is 11.5 Å². The van der Waals surface area contributed by atoms with Gasteiger partial charge < -0.3 is 14.4 Å². The Labute approximate surface area is 148 Å².